The largest absolute Gasteiger partial charge is 0.490 e. The maximum Gasteiger partial charge on any atom is 0.255 e. The first-order valence-electron chi connectivity index (χ1n) is 10.6. The molecule has 1 aliphatic rings. The molecule has 168 valence electrons. The van der Waals surface area contributed by atoms with E-state index >= 15 is 0 Å². The molecule has 7 nitrogen and oxygen atoms in total. The molecule has 2 aromatic carbocycles. The lowest BCUT2D eigenvalue weighted by molar-refractivity contribution is 0.102. The Morgan fingerprint density at radius 2 is 1.81 bits per heavy atom. The van der Waals surface area contributed by atoms with Crippen LogP contribution in [0.1, 0.15) is 44.0 Å². The average molecular weight is 447 g/mol. The van der Waals surface area contributed by atoms with Crippen molar-refractivity contribution in [2.45, 2.75) is 38.5 Å². The Morgan fingerprint density at radius 1 is 1.06 bits per heavy atom. The van der Waals surface area contributed by atoms with Gasteiger partial charge < -0.3 is 14.8 Å². The molecular weight excluding hydrogens is 416 g/mol. The van der Waals surface area contributed by atoms with Crippen molar-refractivity contribution in [1.29, 1.82) is 0 Å². The summed E-state index contributed by atoms with van der Waals surface area (Å²) < 4.78 is 38.5. The Morgan fingerprint density at radius 3 is 2.48 bits per heavy atom. The van der Waals surface area contributed by atoms with E-state index in [0.717, 1.165) is 12.8 Å². The fraction of sp³-hybridized carbons (Fsp3) is 0.435. The molecule has 0 saturated carbocycles. The molecule has 31 heavy (non-hydrogen) atoms. The van der Waals surface area contributed by atoms with Gasteiger partial charge in [0.1, 0.15) is 0 Å². The van der Waals surface area contributed by atoms with Crippen LogP contribution < -0.4 is 14.8 Å². The first kappa shape index (κ1) is 23.1. The molecule has 8 heteroatoms. The summed E-state index contributed by atoms with van der Waals surface area (Å²) in [5, 5.41) is 2.78. The number of amides is 1. The Bertz CT molecular complexity index is 1010. The van der Waals surface area contributed by atoms with Gasteiger partial charge in [0.25, 0.3) is 5.91 Å². The van der Waals surface area contributed by atoms with Crippen molar-refractivity contribution >= 4 is 21.6 Å². The summed E-state index contributed by atoms with van der Waals surface area (Å²) in [7, 11) is -3.55. The van der Waals surface area contributed by atoms with Gasteiger partial charge in [-0.1, -0.05) is 19.9 Å². The number of hydrogen-bond donors (Lipinski definition) is 1. The van der Waals surface area contributed by atoms with Gasteiger partial charge in [-0.25, -0.2) is 8.42 Å². The Hall–Kier alpha value is -2.58. The zero-order chi connectivity index (χ0) is 22.4. The van der Waals surface area contributed by atoms with Crippen LogP contribution in [0, 0.1) is 5.92 Å². The second-order valence-corrected chi connectivity index (χ2v) is 9.83. The van der Waals surface area contributed by atoms with Gasteiger partial charge in [0.2, 0.25) is 10.0 Å². The Kier molecular flexibility index (Phi) is 7.56. The summed E-state index contributed by atoms with van der Waals surface area (Å²) in [4.78, 5) is 13.0. The SMILES string of the molecule is CCOc1cc(C(=O)Nc2cccc(S(=O)(=O)N3CCCC3)c2)ccc1OCC(C)C. The molecule has 1 aliphatic heterocycles. The number of hydrogen-bond acceptors (Lipinski definition) is 5. The Balaban J connectivity index is 1.77. The number of carbonyl (C=O) groups is 1. The number of sulfonamides is 1. The van der Waals surface area contributed by atoms with Crippen LogP contribution >= 0.6 is 0 Å². The van der Waals surface area contributed by atoms with E-state index in [1.54, 1.807) is 36.4 Å². The number of nitrogens with zero attached hydrogens (tertiary/aromatic N) is 1. The number of anilines is 1. The van der Waals surface area contributed by atoms with Crippen molar-refractivity contribution < 1.29 is 22.7 Å². The van der Waals surface area contributed by atoms with Crippen molar-refractivity contribution in [3.63, 3.8) is 0 Å². The minimum Gasteiger partial charge on any atom is -0.490 e. The van der Waals surface area contributed by atoms with E-state index in [9.17, 15) is 13.2 Å². The molecule has 1 saturated heterocycles. The quantitative estimate of drug-likeness (QED) is 0.625. The number of rotatable bonds is 9. The number of ether oxygens (including phenoxy) is 2. The van der Waals surface area contributed by atoms with E-state index in [2.05, 4.69) is 19.2 Å². The van der Waals surface area contributed by atoms with Gasteiger partial charge >= 0.3 is 0 Å². The molecule has 0 aliphatic carbocycles. The van der Waals surface area contributed by atoms with Gasteiger partial charge in [0, 0.05) is 24.3 Å². The lowest BCUT2D eigenvalue weighted by atomic mass is 10.1. The van der Waals surface area contributed by atoms with E-state index in [1.807, 2.05) is 6.92 Å². The highest BCUT2D eigenvalue weighted by molar-refractivity contribution is 7.89. The van der Waals surface area contributed by atoms with Crippen LogP contribution in [-0.4, -0.2) is 44.9 Å². The number of nitrogens with one attached hydrogen (secondary N) is 1. The van der Waals surface area contributed by atoms with Gasteiger partial charge in [-0.05, 0) is 62.1 Å². The summed E-state index contributed by atoms with van der Waals surface area (Å²) in [5.41, 5.74) is 0.816. The smallest absolute Gasteiger partial charge is 0.255 e. The van der Waals surface area contributed by atoms with Crippen LogP contribution in [0.5, 0.6) is 11.5 Å². The van der Waals surface area contributed by atoms with E-state index < -0.39 is 10.0 Å². The normalized spacial score (nSPS) is 14.6. The minimum atomic E-state index is -3.55. The third-order valence-electron chi connectivity index (χ3n) is 4.87. The first-order chi connectivity index (χ1) is 14.8. The molecule has 0 spiro atoms. The standard InChI is InChI=1S/C23H30N2O5S/c1-4-29-22-14-18(10-11-21(22)30-16-17(2)3)23(26)24-19-8-7-9-20(15-19)31(27,28)25-12-5-6-13-25/h7-11,14-15,17H,4-6,12-13,16H2,1-3H3,(H,24,26). The molecule has 0 radical (unpaired) electrons. The lowest BCUT2D eigenvalue weighted by Crippen LogP contribution is -2.27. The van der Waals surface area contributed by atoms with Crippen LogP contribution in [0.4, 0.5) is 5.69 Å². The molecule has 0 bridgehead atoms. The molecule has 1 fully saturated rings. The molecule has 1 amide bonds. The summed E-state index contributed by atoms with van der Waals surface area (Å²) >= 11 is 0. The van der Waals surface area contributed by atoms with Crippen LogP contribution in [0.15, 0.2) is 47.4 Å². The molecule has 3 rings (SSSR count). The predicted octanol–water partition coefficient (Wildman–Crippen LogP) is 4.16. The van der Waals surface area contributed by atoms with Crippen LogP contribution in [-0.2, 0) is 10.0 Å². The van der Waals surface area contributed by atoms with Crippen molar-refractivity contribution in [2.24, 2.45) is 5.92 Å². The first-order valence-corrected chi connectivity index (χ1v) is 12.1. The maximum atomic E-state index is 12.8. The molecule has 0 unspecified atom stereocenters. The second-order valence-electron chi connectivity index (χ2n) is 7.89. The monoisotopic (exact) mass is 446 g/mol. The van der Waals surface area contributed by atoms with Gasteiger partial charge in [-0.2, -0.15) is 4.31 Å². The van der Waals surface area contributed by atoms with Crippen molar-refractivity contribution in [2.75, 3.05) is 31.6 Å². The van der Waals surface area contributed by atoms with Gasteiger partial charge in [0.05, 0.1) is 18.1 Å². The zero-order valence-electron chi connectivity index (χ0n) is 18.3. The van der Waals surface area contributed by atoms with Crippen molar-refractivity contribution in [3.05, 3.63) is 48.0 Å². The highest BCUT2D eigenvalue weighted by atomic mass is 32.2. The second kappa shape index (κ2) is 10.2. The number of benzene rings is 2. The predicted molar refractivity (Wildman–Crippen MR) is 120 cm³/mol. The zero-order valence-corrected chi connectivity index (χ0v) is 19.1. The van der Waals surface area contributed by atoms with Crippen LogP contribution in [0.2, 0.25) is 0 Å². The lowest BCUT2D eigenvalue weighted by Gasteiger charge is -2.16. The van der Waals surface area contributed by atoms with Crippen LogP contribution in [0.25, 0.3) is 0 Å². The molecule has 1 heterocycles. The molecular formula is C23H30N2O5S. The summed E-state index contributed by atoms with van der Waals surface area (Å²) in [6.07, 6.45) is 1.74. The minimum absolute atomic E-state index is 0.180. The van der Waals surface area contributed by atoms with Crippen molar-refractivity contribution in [3.8, 4) is 11.5 Å². The Labute approximate surface area is 184 Å². The van der Waals surface area contributed by atoms with E-state index in [1.165, 1.54) is 10.4 Å². The summed E-state index contributed by atoms with van der Waals surface area (Å²) in [5.74, 6) is 1.10. The van der Waals surface area contributed by atoms with Crippen LogP contribution in [0.3, 0.4) is 0 Å². The van der Waals surface area contributed by atoms with Crippen molar-refractivity contribution in [1.82, 2.24) is 4.31 Å². The third kappa shape index (κ3) is 5.77. The van der Waals surface area contributed by atoms with E-state index in [-0.39, 0.29) is 10.8 Å². The fourth-order valence-corrected chi connectivity index (χ4v) is 4.87. The highest BCUT2D eigenvalue weighted by Gasteiger charge is 2.27. The van der Waals surface area contributed by atoms with Gasteiger partial charge in [-0.15, -0.1) is 0 Å². The summed E-state index contributed by atoms with van der Waals surface area (Å²) in [6.45, 7) is 8.03. The van der Waals surface area contributed by atoms with E-state index in [0.29, 0.717) is 55.0 Å². The summed E-state index contributed by atoms with van der Waals surface area (Å²) in [6, 6.07) is 11.4. The van der Waals surface area contributed by atoms with Gasteiger partial charge in [-0.3, -0.25) is 4.79 Å². The molecule has 0 aromatic heterocycles. The molecule has 0 atom stereocenters. The topological polar surface area (TPSA) is 84.9 Å². The molecule has 2 aromatic rings. The maximum absolute atomic E-state index is 12.8. The van der Waals surface area contributed by atoms with Gasteiger partial charge in [0.15, 0.2) is 11.5 Å². The number of carbonyl (C=O) groups excluding carboxylic acids is 1. The van der Waals surface area contributed by atoms with E-state index in [4.69, 9.17) is 9.47 Å². The average Bonchev–Trinajstić information content (AvgIpc) is 3.29. The third-order valence-corrected chi connectivity index (χ3v) is 6.77. The molecule has 1 N–H and O–H groups in total. The highest BCUT2D eigenvalue weighted by Crippen LogP contribution is 2.30. The fourth-order valence-electron chi connectivity index (χ4n) is 3.31.